The quantitative estimate of drug-likeness (QED) is 0.529. The Bertz CT molecular complexity index is 325. The molecular formula is C15H25N2O+. The van der Waals surface area contributed by atoms with Crippen LogP contribution in [0.5, 0.6) is 0 Å². The second kappa shape index (κ2) is 9.63. The molecule has 1 aromatic rings. The average Bonchev–Trinajstić information content (AvgIpc) is 2.42. The van der Waals surface area contributed by atoms with Gasteiger partial charge in [0, 0.05) is 32.0 Å². The van der Waals surface area contributed by atoms with Gasteiger partial charge in [0.1, 0.15) is 6.54 Å². The van der Waals surface area contributed by atoms with Gasteiger partial charge in [0.15, 0.2) is 12.4 Å². The Labute approximate surface area is 110 Å². The van der Waals surface area contributed by atoms with Gasteiger partial charge in [0.05, 0.1) is 0 Å². The number of nitrogens with one attached hydrogen (secondary N) is 1. The van der Waals surface area contributed by atoms with Crippen LogP contribution in [0.1, 0.15) is 44.9 Å². The molecule has 0 aliphatic rings. The minimum absolute atomic E-state index is 0.162. The summed E-state index contributed by atoms with van der Waals surface area (Å²) in [7, 11) is 1.70. The standard InChI is InChI=1S/C15H24N2O/c1-16-15(18)11-7-4-2-3-5-8-12-17-13-9-6-10-14-17/h6,9-10,13-14H,2-5,7-8,11-12H2,1H3/p+1. The van der Waals surface area contributed by atoms with Crippen molar-refractivity contribution in [2.24, 2.45) is 0 Å². The van der Waals surface area contributed by atoms with Crippen LogP contribution in [0, 0.1) is 0 Å². The summed E-state index contributed by atoms with van der Waals surface area (Å²) in [5.41, 5.74) is 0. The van der Waals surface area contributed by atoms with Gasteiger partial charge in [-0.2, -0.15) is 0 Å². The molecule has 0 spiro atoms. The third-order valence-electron chi connectivity index (χ3n) is 3.13. The van der Waals surface area contributed by atoms with Gasteiger partial charge in [-0.1, -0.05) is 25.3 Å². The van der Waals surface area contributed by atoms with Crippen LogP contribution in [0.3, 0.4) is 0 Å². The van der Waals surface area contributed by atoms with Crippen LogP contribution in [-0.4, -0.2) is 13.0 Å². The number of aromatic nitrogens is 1. The summed E-state index contributed by atoms with van der Waals surface area (Å²) >= 11 is 0. The number of hydrogen-bond donors (Lipinski definition) is 1. The van der Waals surface area contributed by atoms with Gasteiger partial charge < -0.3 is 5.32 Å². The van der Waals surface area contributed by atoms with Crippen LogP contribution in [0.15, 0.2) is 30.6 Å². The molecule has 0 atom stereocenters. The van der Waals surface area contributed by atoms with Gasteiger partial charge in [-0.25, -0.2) is 4.57 Å². The van der Waals surface area contributed by atoms with Crippen molar-refractivity contribution >= 4 is 5.91 Å². The van der Waals surface area contributed by atoms with Crippen LogP contribution in [0.2, 0.25) is 0 Å². The van der Waals surface area contributed by atoms with Gasteiger partial charge in [-0.15, -0.1) is 0 Å². The fourth-order valence-corrected chi connectivity index (χ4v) is 2.00. The summed E-state index contributed by atoms with van der Waals surface area (Å²) < 4.78 is 2.23. The first-order chi connectivity index (χ1) is 8.83. The molecule has 0 unspecified atom stereocenters. The Morgan fingerprint density at radius 1 is 0.944 bits per heavy atom. The molecule has 0 aliphatic carbocycles. The lowest BCUT2D eigenvalue weighted by atomic mass is 10.1. The van der Waals surface area contributed by atoms with Crippen molar-refractivity contribution in [3.8, 4) is 0 Å². The van der Waals surface area contributed by atoms with E-state index < -0.39 is 0 Å². The first-order valence-corrected chi connectivity index (χ1v) is 6.97. The number of carbonyl (C=O) groups is 1. The van der Waals surface area contributed by atoms with Crippen LogP contribution in [0.4, 0.5) is 0 Å². The molecular weight excluding hydrogens is 224 g/mol. The number of hydrogen-bond acceptors (Lipinski definition) is 1. The Balaban J connectivity index is 1.89. The van der Waals surface area contributed by atoms with E-state index in [-0.39, 0.29) is 5.91 Å². The molecule has 0 aliphatic heterocycles. The number of amides is 1. The predicted molar refractivity (Wildman–Crippen MR) is 73.0 cm³/mol. The summed E-state index contributed by atoms with van der Waals surface area (Å²) in [6.07, 6.45) is 12.1. The van der Waals surface area contributed by atoms with E-state index in [0.29, 0.717) is 6.42 Å². The fourth-order valence-electron chi connectivity index (χ4n) is 2.00. The number of nitrogens with zero attached hydrogens (tertiary/aromatic N) is 1. The van der Waals surface area contributed by atoms with Gasteiger partial charge in [0.25, 0.3) is 0 Å². The third kappa shape index (κ3) is 7.05. The molecule has 1 heterocycles. The van der Waals surface area contributed by atoms with E-state index in [4.69, 9.17) is 0 Å². The van der Waals surface area contributed by atoms with E-state index in [1.54, 1.807) is 7.05 Å². The second-order valence-electron chi connectivity index (χ2n) is 4.66. The van der Waals surface area contributed by atoms with Crippen LogP contribution < -0.4 is 9.88 Å². The fraction of sp³-hybridized carbons (Fsp3) is 0.600. The molecule has 0 fully saturated rings. The molecule has 1 amide bonds. The molecule has 0 saturated carbocycles. The van der Waals surface area contributed by atoms with Crippen molar-refractivity contribution in [3.05, 3.63) is 30.6 Å². The number of pyridine rings is 1. The Morgan fingerprint density at radius 3 is 2.22 bits per heavy atom. The topological polar surface area (TPSA) is 33.0 Å². The maximum Gasteiger partial charge on any atom is 0.219 e. The molecule has 18 heavy (non-hydrogen) atoms. The van der Waals surface area contributed by atoms with E-state index in [1.165, 1.54) is 32.1 Å². The molecule has 1 N–H and O–H groups in total. The first-order valence-electron chi connectivity index (χ1n) is 6.97. The Hall–Kier alpha value is -1.38. The molecule has 0 radical (unpaired) electrons. The van der Waals surface area contributed by atoms with Crippen LogP contribution in [-0.2, 0) is 11.3 Å². The van der Waals surface area contributed by atoms with E-state index in [0.717, 1.165) is 13.0 Å². The number of unbranched alkanes of at least 4 members (excludes halogenated alkanes) is 5. The Morgan fingerprint density at radius 2 is 1.56 bits per heavy atom. The highest BCUT2D eigenvalue weighted by molar-refractivity contribution is 5.75. The predicted octanol–water partition coefficient (Wildman–Crippen LogP) is 2.45. The van der Waals surface area contributed by atoms with Crippen molar-refractivity contribution in [3.63, 3.8) is 0 Å². The number of carbonyl (C=O) groups excluding carboxylic acids is 1. The normalized spacial score (nSPS) is 10.3. The maximum absolute atomic E-state index is 11.0. The summed E-state index contributed by atoms with van der Waals surface area (Å²) in [5.74, 6) is 0.162. The van der Waals surface area contributed by atoms with Crippen molar-refractivity contribution in [2.75, 3.05) is 7.05 Å². The summed E-state index contributed by atoms with van der Waals surface area (Å²) in [6, 6.07) is 6.18. The molecule has 3 heteroatoms. The van der Waals surface area contributed by atoms with Crippen molar-refractivity contribution < 1.29 is 9.36 Å². The van der Waals surface area contributed by atoms with Gasteiger partial charge in [0.2, 0.25) is 5.91 Å². The lowest BCUT2D eigenvalue weighted by Gasteiger charge is -2.01. The molecule has 0 bridgehead atoms. The largest absolute Gasteiger partial charge is 0.359 e. The minimum Gasteiger partial charge on any atom is -0.359 e. The van der Waals surface area contributed by atoms with Crippen molar-refractivity contribution in [1.29, 1.82) is 0 Å². The van der Waals surface area contributed by atoms with E-state index in [1.807, 2.05) is 6.07 Å². The van der Waals surface area contributed by atoms with Gasteiger partial charge in [-0.3, -0.25) is 4.79 Å². The SMILES string of the molecule is CNC(=O)CCCCCCCC[n+]1ccccc1. The average molecular weight is 249 g/mol. The smallest absolute Gasteiger partial charge is 0.219 e. The molecule has 100 valence electrons. The Kier molecular flexibility index (Phi) is 7.85. The van der Waals surface area contributed by atoms with Gasteiger partial charge in [-0.05, 0) is 12.8 Å². The maximum atomic E-state index is 11.0. The van der Waals surface area contributed by atoms with Crippen LogP contribution in [0.25, 0.3) is 0 Å². The number of rotatable bonds is 9. The van der Waals surface area contributed by atoms with Gasteiger partial charge >= 0.3 is 0 Å². The summed E-state index contributed by atoms with van der Waals surface area (Å²) in [4.78, 5) is 11.0. The zero-order valence-electron chi connectivity index (χ0n) is 11.4. The molecule has 3 nitrogen and oxygen atoms in total. The molecule has 0 saturated heterocycles. The first kappa shape index (κ1) is 14.7. The van der Waals surface area contributed by atoms with Crippen molar-refractivity contribution in [1.82, 2.24) is 5.32 Å². The summed E-state index contributed by atoms with van der Waals surface area (Å²) in [5, 5.41) is 2.65. The second-order valence-corrected chi connectivity index (χ2v) is 4.66. The highest BCUT2D eigenvalue weighted by atomic mass is 16.1. The zero-order chi connectivity index (χ0) is 13.1. The lowest BCUT2D eigenvalue weighted by molar-refractivity contribution is -0.697. The van der Waals surface area contributed by atoms with E-state index in [9.17, 15) is 4.79 Å². The number of aryl methyl sites for hydroxylation is 1. The molecule has 0 aromatic carbocycles. The highest BCUT2D eigenvalue weighted by Gasteiger charge is 1.99. The van der Waals surface area contributed by atoms with E-state index in [2.05, 4.69) is 34.4 Å². The summed E-state index contributed by atoms with van der Waals surface area (Å²) in [6.45, 7) is 1.11. The molecule has 1 rings (SSSR count). The highest BCUT2D eigenvalue weighted by Crippen LogP contribution is 2.07. The zero-order valence-corrected chi connectivity index (χ0v) is 11.4. The third-order valence-corrected chi connectivity index (χ3v) is 3.13. The monoisotopic (exact) mass is 249 g/mol. The van der Waals surface area contributed by atoms with Crippen LogP contribution >= 0.6 is 0 Å². The van der Waals surface area contributed by atoms with E-state index >= 15 is 0 Å². The minimum atomic E-state index is 0.162. The lowest BCUT2D eigenvalue weighted by Crippen LogP contribution is -2.32. The van der Waals surface area contributed by atoms with Crippen molar-refractivity contribution in [2.45, 2.75) is 51.5 Å². The molecule has 1 aromatic heterocycles.